The van der Waals surface area contributed by atoms with Gasteiger partial charge in [-0.2, -0.15) is 5.26 Å². The normalized spacial score (nSPS) is 26.6. The topological polar surface area (TPSA) is 35.8 Å². The molecule has 1 fully saturated rings. The van der Waals surface area contributed by atoms with Gasteiger partial charge in [-0.3, -0.25) is 0 Å². The van der Waals surface area contributed by atoms with Gasteiger partial charge in [-0.25, -0.2) is 0 Å². The summed E-state index contributed by atoms with van der Waals surface area (Å²) in [6.07, 6.45) is 6.34. The third-order valence-electron chi connectivity index (χ3n) is 3.85. The molecule has 2 aliphatic rings. The molecule has 2 atom stereocenters. The van der Waals surface area contributed by atoms with Gasteiger partial charge in [0.25, 0.3) is 0 Å². The highest BCUT2D eigenvalue weighted by Crippen LogP contribution is 2.38. The Labute approximate surface area is 108 Å². The number of hydrogen-bond acceptors (Lipinski definition) is 2. The highest BCUT2D eigenvalue weighted by atomic mass is 14.9. The van der Waals surface area contributed by atoms with Crippen LogP contribution in [0.4, 0.5) is 0 Å². The molecule has 0 aromatic heterocycles. The molecule has 0 spiro atoms. The molecule has 3 rings (SSSR count). The summed E-state index contributed by atoms with van der Waals surface area (Å²) in [7, 11) is 0. The lowest BCUT2D eigenvalue weighted by molar-refractivity contribution is 0.402. The first-order valence-electron chi connectivity index (χ1n) is 6.48. The van der Waals surface area contributed by atoms with E-state index in [-0.39, 0.29) is 6.04 Å². The second kappa shape index (κ2) is 4.80. The molecule has 0 bridgehead atoms. The first kappa shape index (κ1) is 11.3. The molecule has 1 aliphatic heterocycles. The summed E-state index contributed by atoms with van der Waals surface area (Å²) in [5.41, 5.74) is 3.49. The zero-order chi connectivity index (χ0) is 12.4. The van der Waals surface area contributed by atoms with E-state index >= 15 is 0 Å². The van der Waals surface area contributed by atoms with Crippen molar-refractivity contribution in [2.75, 3.05) is 6.54 Å². The summed E-state index contributed by atoms with van der Waals surface area (Å²) in [6.45, 7) is 1.05. The number of benzene rings is 1. The predicted octanol–water partition coefficient (Wildman–Crippen LogP) is 3.12. The van der Waals surface area contributed by atoms with Gasteiger partial charge in [0, 0.05) is 5.57 Å². The van der Waals surface area contributed by atoms with Crippen LogP contribution in [0.15, 0.2) is 53.6 Å². The first-order chi connectivity index (χ1) is 8.88. The average molecular weight is 236 g/mol. The van der Waals surface area contributed by atoms with E-state index in [1.807, 2.05) is 6.07 Å². The monoisotopic (exact) mass is 236 g/mol. The van der Waals surface area contributed by atoms with E-state index in [4.69, 9.17) is 5.26 Å². The maximum absolute atomic E-state index is 9.05. The van der Waals surface area contributed by atoms with Crippen molar-refractivity contribution in [3.63, 3.8) is 0 Å². The molecule has 2 unspecified atom stereocenters. The molecule has 1 N–H and O–H groups in total. The van der Waals surface area contributed by atoms with Gasteiger partial charge in [0.15, 0.2) is 0 Å². The Morgan fingerprint density at radius 1 is 1.22 bits per heavy atom. The molecule has 1 aromatic carbocycles. The average Bonchev–Trinajstić information content (AvgIpc) is 2.47. The lowest BCUT2D eigenvalue weighted by Crippen LogP contribution is -2.34. The molecular weight excluding hydrogens is 220 g/mol. The quantitative estimate of drug-likeness (QED) is 0.813. The summed E-state index contributed by atoms with van der Waals surface area (Å²) >= 11 is 0. The molecule has 18 heavy (non-hydrogen) atoms. The Hall–Kier alpha value is -1.85. The number of fused-ring (bicyclic) bond motifs is 1. The number of hydrogen-bond donors (Lipinski definition) is 1. The fourth-order valence-electron chi connectivity index (χ4n) is 2.92. The molecule has 1 aliphatic carbocycles. The van der Waals surface area contributed by atoms with Crippen molar-refractivity contribution in [2.45, 2.75) is 18.9 Å². The van der Waals surface area contributed by atoms with Crippen LogP contribution in [0.25, 0.3) is 0 Å². The Morgan fingerprint density at radius 2 is 2.06 bits per heavy atom. The van der Waals surface area contributed by atoms with Crippen molar-refractivity contribution >= 4 is 0 Å². The Bertz CT molecular complexity index is 534. The number of nitrogens with one attached hydrogen (secondary N) is 1. The Balaban J connectivity index is 1.97. The molecule has 2 heteroatoms. The number of nitriles is 1. The standard InChI is InChI=1S/C16H16N2/c17-11-12-6-7-13-8-9-18-16(15(13)10-12)14-4-2-1-3-5-14/h1-6,10,13,16,18H,7-9H2. The van der Waals surface area contributed by atoms with E-state index in [9.17, 15) is 0 Å². The number of rotatable bonds is 1. The van der Waals surface area contributed by atoms with Gasteiger partial charge in [0.1, 0.15) is 0 Å². The van der Waals surface area contributed by atoms with E-state index in [0.29, 0.717) is 5.92 Å². The summed E-state index contributed by atoms with van der Waals surface area (Å²) in [5, 5.41) is 12.6. The lowest BCUT2D eigenvalue weighted by atomic mass is 9.78. The van der Waals surface area contributed by atoms with E-state index in [2.05, 4.69) is 47.8 Å². The van der Waals surface area contributed by atoms with Crippen LogP contribution in [0, 0.1) is 17.2 Å². The zero-order valence-corrected chi connectivity index (χ0v) is 10.3. The minimum atomic E-state index is 0.280. The van der Waals surface area contributed by atoms with E-state index in [1.165, 1.54) is 17.6 Å². The van der Waals surface area contributed by atoms with Crippen LogP contribution in [-0.4, -0.2) is 6.54 Å². The summed E-state index contributed by atoms with van der Waals surface area (Å²) < 4.78 is 0. The van der Waals surface area contributed by atoms with Crippen molar-refractivity contribution in [1.82, 2.24) is 5.32 Å². The van der Waals surface area contributed by atoms with E-state index < -0.39 is 0 Å². The largest absolute Gasteiger partial charge is 0.306 e. The van der Waals surface area contributed by atoms with Gasteiger partial charge in [-0.15, -0.1) is 0 Å². The fraction of sp³-hybridized carbons (Fsp3) is 0.312. The van der Waals surface area contributed by atoms with E-state index in [0.717, 1.165) is 18.5 Å². The smallest absolute Gasteiger partial charge is 0.0988 e. The number of allylic oxidation sites excluding steroid dienone is 3. The third-order valence-corrected chi connectivity index (χ3v) is 3.85. The highest BCUT2D eigenvalue weighted by Gasteiger charge is 2.29. The van der Waals surface area contributed by atoms with Crippen LogP contribution in [-0.2, 0) is 0 Å². The Morgan fingerprint density at radius 3 is 2.83 bits per heavy atom. The van der Waals surface area contributed by atoms with Crippen LogP contribution >= 0.6 is 0 Å². The molecule has 1 heterocycles. The minimum Gasteiger partial charge on any atom is -0.306 e. The molecule has 1 saturated heterocycles. The molecular formula is C16H16N2. The molecule has 0 amide bonds. The van der Waals surface area contributed by atoms with Gasteiger partial charge in [0.05, 0.1) is 12.1 Å². The van der Waals surface area contributed by atoms with Crippen LogP contribution in [0.3, 0.4) is 0 Å². The van der Waals surface area contributed by atoms with Crippen LogP contribution in [0.2, 0.25) is 0 Å². The van der Waals surface area contributed by atoms with Crippen LogP contribution in [0.1, 0.15) is 24.4 Å². The van der Waals surface area contributed by atoms with Crippen molar-refractivity contribution in [2.24, 2.45) is 5.92 Å². The summed E-state index contributed by atoms with van der Waals surface area (Å²) in [4.78, 5) is 0. The third kappa shape index (κ3) is 1.98. The molecule has 90 valence electrons. The summed E-state index contributed by atoms with van der Waals surface area (Å²) in [6, 6.07) is 13.1. The number of nitrogens with zero attached hydrogens (tertiary/aromatic N) is 1. The summed E-state index contributed by atoms with van der Waals surface area (Å²) in [5.74, 6) is 0.605. The fourth-order valence-corrected chi connectivity index (χ4v) is 2.92. The number of piperidine rings is 1. The van der Waals surface area contributed by atoms with Gasteiger partial charge in [0.2, 0.25) is 0 Å². The van der Waals surface area contributed by atoms with Gasteiger partial charge in [-0.05, 0) is 42.5 Å². The van der Waals surface area contributed by atoms with Crippen molar-refractivity contribution in [1.29, 1.82) is 5.26 Å². The second-order valence-corrected chi connectivity index (χ2v) is 4.93. The zero-order valence-electron chi connectivity index (χ0n) is 10.3. The maximum Gasteiger partial charge on any atom is 0.0988 e. The van der Waals surface area contributed by atoms with Crippen LogP contribution in [0.5, 0.6) is 0 Å². The van der Waals surface area contributed by atoms with Gasteiger partial charge >= 0.3 is 0 Å². The molecule has 2 nitrogen and oxygen atoms in total. The van der Waals surface area contributed by atoms with Gasteiger partial charge < -0.3 is 5.32 Å². The molecule has 1 aromatic rings. The van der Waals surface area contributed by atoms with Crippen molar-refractivity contribution in [3.05, 3.63) is 59.2 Å². The lowest BCUT2D eigenvalue weighted by Gasteiger charge is -2.35. The molecule has 0 radical (unpaired) electrons. The van der Waals surface area contributed by atoms with Crippen molar-refractivity contribution in [3.8, 4) is 6.07 Å². The van der Waals surface area contributed by atoms with E-state index in [1.54, 1.807) is 0 Å². The van der Waals surface area contributed by atoms with Crippen LogP contribution < -0.4 is 5.32 Å². The maximum atomic E-state index is 9.05. The van der Waals surface area contributed by atoms with Gasteiger partial charge in [-0.1, -0.05) is 36.4 Å². The molecule has 0 saturated carbocycles. The van der Waals surface area contributed by atoms with Crippen molar-refractivity contribution < 1.29 is 0 Å². The SMILES string of the molecule is N#CC1=CCC2CCNC(c3ccccc3)C2=C1. The second-order valence-electron chi connectivity index (χ2n) is 4.93. The predicted molar refractivity (Wildman–Crippen MR) is 71.7 cm³/mol. The Kier molecular flexibility index (Phi) is 3.00. The highest BCUT2D eigenvalue weighted by molar-refractivity contribution is 5.44. The first-order valence-corrected chi connectivity index (χ1v) is 6.48. The minimum absolute atomic E-state index is 0.280.